The van der Waals surface area contributed by atoms with Crippen molar-refractivity contribution >= 4 is 0 Å². The lowest BCUT2D eigenvalue weighted by Crippen LogP contribution is -2.38. The van der Waals surface area contributed by atoms with Crippen LogP contribution in [0.15, 0.2) is 6.33 Å². The Hall–Kier alpha value is -0.830. The fourth-order valence-electron chi connectivity index (χ4n) is 2.55. The third-order valence-electron chi connectivity index (χ3n) is 3.68. The van der Waals surface area contributed by atoms with Crippen molar-refractivity contribution < 1.29 is 0 Å². The monoisotopic (exact) mass is 193 g/mol. The SMILES string of the molecule is Cc1ncn(C2(CN)CCCC2)c1C. The Labute approximate surface area is 85.3 Å². The topological polar surface area (TPSA) is 43.8 Å². The molecule has 1 fully saturated rings. The first-order chi connectivity index (χ1) is 6.69. The fourth-order valence-corrected chi connectivity index (χ4v) is 2.55. The summed E-state index contributed by atoms with van der Waals surface area (Å²) in [6.07, 6.45) is 6.98. The molecule has 0 radical (unpaired) electrons. The van der Waals surface area contributed by atoms with Crippen LogP contribution in [0.2, 0.25) is 0 Å². The highest BCUT2D eigenvalue weighted by molar-refractivity contribution is 5.13. The van der Waals surface area contributed by atoms with Gasteiger partial charge in [0.05, 0.1) is 17.6 Å². The van der Waals surface area contributed by atoms with Gasteiger partial charge in [-0.25, -0.2) is 4.98 Å². The minimum absolute atomic E-state index is 0.172. The molecule has 1 aliphatic carbocycles. The van der Waals surface area contributed by atoms with E-state index in [0.717, 1.165) is 12.2 Å². The number of aryl methyl sites for hydroxylation is 1. The fraction of sp³-hybridized carbons (Fsp3) is 0.727. The highest BCUT2D eigenvalue weighted by Crippen LogP contribution is 2.36. The van der Waals surface area contributed by atoms with Crippen LogP contribution in [0.25, 0.3) is 0 Å². The molecule has 0 aliphatic heterocycles. The summed E-state index contributed by atoms with van der Waals surface area (Å²) in [5.41, 5.74) is 8.51. The smallest absolute Gasteiger partial charge is 0.0957 e. The van der Waals surface area contributed by atoms with Crippen LogP contribution in [0.4, 0.5) is 0 Å². The van der Waals surface area contributed by atoms with Gasteiger partial charge in [-0.3, -0.25) is 0 Å². The van der Waals surface area contributed by atoms with Gasteiger partial charge in [0.15, 0.2) is 0 Å². The van der Waals surface area contributed by atoms with Crippen molar-refractivity contribution in [3.05, 3.63) is 17.7 Å². The normalized spacial score (nSPS) is 20.2. The summed E-state index contributed by atoms with van der Waals surface area (Å²) < 4.78 is 2.30. The molecule has 0 spiro atoms. The maximum Gasteiger partial charge on any atom is 0.0957 e. The molecule has 3 nitrogen and oxygen atoms in total. The molecule has 14 heavy (non-hydrogen) atoms. The summed E-state index contributed by atoms with van der Waals surface area (Å²) in [7, 11) is 0. The number of hydrogen-bond acceptors (Lipinski definition) is 2. The van der Waals surface area contributed by atoms with Crippen molar-refractivity contribution in [2.45, 2.75) is 45.1 Å². The van der Waals surface area contributed by atoms with Gasteiger partial charge in [-0.2, -0.15) is 0 Å². The molecule has 1 aliphatic rings. The Bertz CT molecular complexity index is 321. The minimum atomic E-state index is 0.172. The zero-order valence-corrected chi connectivity index (χ0v) is 9.08. The lowest BCUT2D eigenvalue weighted by Gasteiger charge is -2.30. The number of rotatable bonds is 2. The van der Waals surface area contributed by atoms with Crippen molar-refractivity contribution in [1.29, 1.82) is 0 Å². The maximum absolute atomic E-state index is 5.93. The Morgan fingerprint density at radius 1 is 1.43 bits per heavy atom. The Kier molecular flexibility index (Phi) is 2.35. The largest absolute Gasteiger partial charge is 0.328 e. The standard InChI is InChI=1S/C11H19N3/c1-9-10(2)14(8-13-9)11(7-12)5-3-4-6-11/h8H,3-7,12H2,1-2H3. The number of aromatic nitrogens is 2. The third kappa shape index (κ3) is 1.27. The Morgan fingerprint density at radius 3 is 2.50 bits per heavy atom. The van der Waals surface area contributed by atoms with Crippen LogP contribution in [0.1, 0.15) is 37.1 Å². The lowest BCUT2D eigenvalue weighted by molar-refractivity contribution is 0.298. The van der Waals surface area contributed by atoms with Crippen LogP contribution in [-0.2, 0) is 5.54 Å². The molecule has 1 aromatic rings. The molecular formula is C11H19N3. The first-order valence-electron chi connectivity index (χ1n) is 5.41. The number of hydrogen-bond donors (Lipinski definition) is 1. The van der Waals surface area contributed by atoms with E-state index in [1.165, 1.54) is 31.4 Å². The molecule has 2 N–H and O–H groups in total. The maximum atomic E-state index is 5.93. The van der Waals surface area contributed by atoms with Crippen molar-refractivity contribution in [3.8, 4) is 0 Å². The van der Waals surface area contributed by atoms with Gasteiger partial charge in [0.25, 0.3) is 0 Å². The highest BCUT2D eigenvalue weighted by Gasteiger charge is 2.35. The average molecular weight is 193 g/mol. The quantitative estimate of drug-likeness (QED) is 0.777. The molecule has 3 heteroatoms. The molecule has 0 bridgehead atoms. The summed E-state index contributed by atoms with van der Waals surface area (Å²) in [5.74, 6) is 0. The molecule has 2 rings (SSSR count). The lowest BCUT2D eigenvalue weighted by atomic mass is 9.97. The van der Waals surface area contributed by atoms with Crippen LogP contribution in [0, 0.1) is 13.8 Å². The zero-order chi connectivity index (χ0) is 10.2. The van der Waals surface area contributed by atoms with Crippen LogP contribution < -0.4 is 5.73 Å². The van der Waals surface area contributed by atoms with E-state index in [4.69, 9.17) is 5.73 Å². The highest BCUT2D eigenvalue weighted by atomic mass is 15.1. The van der Waals surface area contributed by atoms with E-state index in [1.54, 1.807) is 0 Å². The van der Waals surface area contributed by atoms with Crippen molar-refractivity contribution in [2.75, 3.05) is 6.54 Å². The number of nitrogens with zero attached hydrogens (tertiary/aromatic N) is 2. The van der Waals surface area contributed by atoms with Gasteiger partial charge in [-0.15, -0.1) is 0 Å². The molecule has 0 unspecified atom stereocenters. The molecule has 1 aromatic heterocycles. The van der Waals surface area contributed by atoms with E-state index in [0.29, 0.717) is 0 Å². The summed E-state index contributed by atoms with van der Waals surface area (Å²) >= 11 is 0. The van der Waals surface area contributed by atoms with Gasteiger partial charge in [0.1, 0.15) is 0 Å². The van der Waals surface area contributed by atoms with Crippen LogP contribution in [-0.4, -0.2) is 16.1 Å². The molecule has 0 saturated heterocycles. The molecule has 1 heterocycles. The molecular weight excluding hydrogens is 174 g/mol. The molecule has 0 amide bonds. The van der Waals surface area contributed by atoms with Gasteiger partial charge in [0, 0.05) is 12.2 Å². The molecule has 1 saturated carbocycles. The molecule has 0 atom stereocenters. The molecule has 0 aromatic carbocycles. The Morgan fingerprint density at radius 2 is 2.07 bits per heavy atom. The third-order valence-corrected chi connectivity index (χ3v) is 3.68. The van der Waals surface area contributed by atoms with E-state index in [9.17, 15) is 0 Å². The van der Waals surface area contributed by atoms with Crippen molar-refractivity contribution in [1.82, 2.24) is 9.55 Å². The first kappa shape index (κ1) is 9.71. The van der Waals surface area contributed by atoms with Crippen LogP contribution in [0.5, 0.6) is 0 Å². The van der Waals surface area contributed by atoms with Gasteiger partial charge in [0.2, 0.25) is 0 Å². The van der Waals surface area contributed by atoms with Gasteiger partial charge in [-0.05, 0) is 26.7 Å². The second kappa shape index (κ2) is 3.39. The predicted molar refractivity (Wildman–Crippen MR) is 57.2 cm³/mol. The van der Waals surface area contributed by atoms with E-state index >= 15 is 0 Å². The zero-order valence-electron chi connectivity index (χ0n) is 9.08. The summed E-state index contributed by atoms with van der Waals surface area (Å²) in [4.78, 5) is 4.36. The number of nitrogens with two attached hydrogens (primary N) is 1. The van der Waals surface area contributed by atoms with Gasteiger partial charge < -0.3 is 10.3 Å². The van der Waals surface area contributed by atoms with E-state index in [2.05, 4.69) is 23.4 Å². The minimum Gasteiger partial charge on any atom is -0.328 e. The second-order valence-electron chi connectivity index (χ2n) is 4.42. The number of imidazole rings is 1. The summed E-state index contributed by atoms with van der Waals surface area (Å²) in [5, 5.41) is 0. The van der Waals surface area contributed by atoms with Crippen molar-refractivity contribution in [2.24, 2.45) is 5.73 Å². The van der Waals surface area contributed by atoms with Crippen LogP contribution in [0.3, 0.4) is 0 Å². The van der Waals surface area contributed by atoms with Crippen LogP contribution >= 0.6 is 0 Å². The van der Waals surface area contributed by atoms with Gasteiger partial charge in [-0.1, -0.05) is 12.8 Å². The van der Waals surface area contributed by atoms with E-state index < -0.39 is 0 Å². The Balaban J connectivity index is 2.40. The van der Waals surface area contributed by atoms with Crippen molar-refractivity contribution in [3.63, 3.8) is 0 Å². The molecule has 78 valence electrons. The summed E-state index contributed by atoms with van der Waals surface area (Å²) in [6.45, 7) is 4.94. The summed E-state index contributed by atoms with van der Waals surface area (Å²) in [6, 6.07) is 0. The predicted octanol–water partition coefficient (Wildman–Crippen LogP) is 1.73. The van der Waals surface area contributed by atoms with E-state index in [1.807, 2.05) is 6.33 Å². The average Bonchev–Trinajstić information content (AvgIpc) is 2.77. The first-order valence-corrected chi connectivity index (χ1v) is 5.41. The second-order valence-corrected chi connectivity index (χ2v) is 4.42. The van der Waals surface area contributed by atoms with E-state index in [-0.39, 0.29) is 5.54 Å². The van der Waals surface area contributed by atoms with Gasteiger partial charge >= 0.3 is 0 Å².